The zero-order chi connectivity index (χ0) is 17.0. The lowest BCUT2D eigenvalue weighted by Crippen LogP contribution is -2.60. The van der Waals surface area contributed by atoms with E-state index < -0.39 is 0 Å². The van der Waals surface area contributed by atoms with Gasteiger partial charge in [0, 0.05) is 43.5 Å². The molecule has 1 saturated heterocycles. The Morgan fingerprint density at radius 3 is 1.92 bits per heavy atom. The molecule has 25 heavy (non-hydrogen) atoms. The van der Waals surface area contributed by atoms with Gasteiger partial charge in [-0.2, -0.15) is 0 Å². The third kappa shape index (κ3) is 2.81. The van der Waals surface area contributed by atoms with E-state index in [4.69, 9.17) is 0 Å². The van der Waals surface area contributed by atoms with E-state index in [1.54, 1.807) is 13.3 Å². The molecule has 4 bridgehead atoms. The second-order valence-electron chi connectivity index (χ2n) is 9.05. The maximum absolute atomic E-state index is 11.5. The van der Waals surface area contributed by atoms with Gasteiger partial charge >= 0.3 is 0 Å². The molecule has 4 aliphatic carbocycles. The fraction of sp³-hybridized carbons (Fsp3) is 0.682. The van der Waals surface area contributed by atoms with Crippen LogP contribution in [-0.2, 0) is 0 Å². The zero-order valence-electron chi connectivity index (χ0n) is 15.4. The average Bonchev–Trinajstić information content (AvgIpc) is 2.61. The number of nitrogens with zero attached hydrogens (tertiary/aromatic N) is 2. The highest BCUT2D eigenvalue weighted by Crippen LogP contribution is 2.55. The first-order valence-corrected chi connectivity index (χ1v) is 10.3. The molecule has 0 atom stereocenters. The Morgan fingerprint density at radius 2 is 1.40 bits per heavy atom. The van der Waals surface area contributed by atoms with Crippen LogP contribution in [0.25, 0.3) is 0 Å². The molecule has 0 aromatic heterocycles. The molecule has 0 N–H and O–H groups in total. The van der Waals surface area contributed by atoms with Gasteiger partial charge in [-0.15, -0.1) is 0 Å². The minimum absolute atomic E-state index is 0.151. The van der Waals surface area contributed by atoms with Crippen LogP contribution in [0, 0.1) is 23.7 Å². The number of piperazine rings is 1. The number of hydrogen-bond donors (Lipinski definition) is 0. The number of carbonyl (C=O) groups is 1. The van der Waals surface area contributed by atoms with Gasteiger partial charge in [0.2, 0.25) is 0 Å². The van der Waals surface area contributed by atoms with Crippen LogP contribution in [0.5, 0.6) is 0 Å². The van der Waals surface area contributed by atoms with Gasteiger partial charge in [0.05, 0.1) is 0 Å². The van der Waals surface area contributed by atoms with E-state index in [9.17, 15) is 4.79 Å². The van der Waals surface area contributed by atoms with Gasteiger partial charge in [-0.05, 0) is 87.0 Å². The lowest BCUT2D eigenvalue weighted by Gasteiger charge is -2.58. The molecule has 5 fully saturated rings. The van der Waals surface area contributed by atoms with Crippen LogP contribution in [0.4, 0.5) is 5.69 Å². The van der Waals surface area contributed by atoms with Crippen LogP contribution in [0.3, 0.4) is 0 Å². The van der Waals surface area contributed by atoms with Crippen molar-refractivity contribution in [3.63, 3.8) is 0 Å². The van der Waals surface area contributed by atoms with E-state index in [0.717, 1.165) is 48.4 Å². The average molecular weight is 338 g/mol. The Hall–Kier alpha value is -1.35. The van der Waals surface area contributed by atoms with Crippen molar-refractivity contribution in [2.24, 2.45) is 23.7 Å². The lowest BCUT2D eigenvalue weighted by atomic mass is 9.54. The molecule has 0 spiro atoms. The summed E-state index contributed by atoms with van der Waals surface area (Å²) < 4.78 is 0. The summed E-state index contributed by atoms with van der Waals surface area (Å²) in [5, 5.41) is 0. The van der Waals surface area contributed by atoms with Crippen molar-refractivity contribution in [2.45, 2.75) is 45.1 Å². The molecule has 3 heteroatoms. The highest BCUT2D eigenvalue weighted by molar-refractivity contribution is 5.94. The predicted molar refractivity (Wildman–Crippen MR) is 101 cm³/mol. The first-order chi connectivity index (χ1) is 12.2. The molecule has 134 valence electrons. The summed E-state index contributed by atoms with van der Waals surface area (Å²) in [4.78, 5) is 16.8. The van der Waals surface area contributed by atoms with Gasteiger partial charge in [-0.1, -0.05) is 0 Å². The molecule has 4 saturated carbocycles. The summed E-state index contributed by atoms with van der Waals surface area (Å²) in [7, 11) is 0. The Balaban J connectivity index is 1.23. The Morgan fingerprint density at radius 1 is 0.840 bits per heavy atom. The van der Waals surface area contributed by atoms with Crippen LogP contribution in [0.2, 0.25) is 0 Å². The van der Waals surface area contributed by atoms with Crippen molar-refractivity contribution in [2.75, 3.05) is 31.1 Å². The first-order valence-electron chi connectivity index (χ1n) is 10.3. The van der Waals surface area contributed by atoms with Gasteiger partial charge in [-0.3, -0.25) is 9.69 Å². The second kappa shape index (κ2) is 6.12. The molecule has 1 aromatic carbocycles. The molecule has 0 radical (unpaired) electrons. The van der Waals surface area contributed by atoms with Crippen LogP contribution in [-0.4, -0.2) is 42.9 Å². The quantitative estimate of drug-likeness (QED) is 0.783. The van der Waals surface area contributed by atoms with E-state index in [1.807, 2.05) is 12.1 Å². The fourth-order valence-corrected chi connectivity index (χ4v) is 6.68. The first kappa shape index (κ1) is 15.9. The third-order valence-electron chi connectivity index (χ3n) is 7.55. The van der Waals surface area contributed by atoms with E-state index >= 15 is 0 Å². The summed E-state index contributed by atoms with van der Waals surface area (Å²) in [6.07, 6.45) is 7.62. The lowest BCUT2D eigenvalue weighted by molar-refractivity contribution is -0.0665. The van der Waals surface area contributed by atoms with Gasteiger partial charge in [-0.25, -0.2) is 0 Å². The number of ketones is 1. The SMILES string of the molecule is CC(=O)c1ccc(N2CCN(C3C4CC5CC(C4)CC3C5)CC2)cc1. The van der Waals surface area contributed by atoms with Crippen LogP contribution in [0.1, 0.15) is 49.4 Å². The maximum Gasteiger partial charge on any atom is 0.159 e. The molecule has 0 amide bonds. The number of benzene rings is 1. The van der Waals surface area contributed by atoms with E-state index in [0.29, 0.717) is 0 Å². The van der Waals surface area contributed by atoms with E-state index in [-0.39, 0.29) is 5.78 Å². The maximum atomic E-state index is 11.5. The van der Waals surface area contributed by atoms with Crippen molar-refractivity contribution < 1.29 is 4.79 Å². The number of Topliss-reactive ketones (excluding diaryl/α,β-unsaturated/α-hetero) is 1. The molecular formula is C22H30N2O. The van der Waals surface area contributed by atoms with Crippen molar-refractivity contribution in [1.29, 1.82) is 0 Å². The zero-order valence-corrected chi connectivity index (χ0v) is 15.4. The smallest absolute Gasteiger partial charge is 0.159 e. The number of anilines is 1. The largest absolute Gasteiger partial charge is 0.369 e. The highest BCUT2D eigenvalue weighted by atomic mass is 16.1. The third-order valence-corrected chi connectivity index (χ3v) is 7.55. The Bertz CT molecular complexity index is 616. The minimum Gasteiger partial charge on any atom is -0.369 e. The summed E-state index contributed by atoms with van der Waals surface area (Å²) in [5.74, 6) is 4.29. The number of hydrogen-bond acceptors (Lipinski definition) is 3. The standard InChI is InChI=1S/C22H30N2O/c1-15(25)18-2-4-21(5-3-18)23-6-8-24(9-7-23)22-19-11-16-10-17(13-19)14-20(22)12-16/h2-5,16-17,19-20,22H,6-14H2,1H3. The summed E-state index contributed by atoms with van der Waals surface area (Å²) in [6.45, 7) is 6.31. The van der Waals surface area contributed by atoms with Gasteiger partial charge in [0.1, 0.15) is 0 Å². The molecule has 1 heterocycles. The van der Waals surface area contributed by atoms with E-state index in [1.165, 1.54) is 44.5 Å². The van der Waals surface area contributed by atoms with Crippen molar-refractivity contribution in [1.82, 2.24) is 4.90 Å². The predicted octanol–water partition coefficient (Wildman–Crippen LogP) is 3.84. The van der Waals surface area contributed by atoms with Crippen molar-refractivity contribution >= 4 is 11.5 Å². The minimum atomic E-state index is 0.151. The highest BCUT2D eigenvalue weighted by Gasteiger charge is 2.50. The molecular weight excluding hydrogens is 308 g/mol. The monoisotopic (exact) mass is 338 g/mol. The summed E-state index contributed by atoms with van der Waals surface area (Å²) in [5.41, 5.74) is 2.09. The van der Waals surface area contributed by atoms with Crippen LogP contribution in [0.15, 0.2) is 24.3 Å². The topological polar surface area (TPSA) is 23.6 Å². The molecule has 5 aliphatic rings. The van der Waals surface area contributed by atoms with Crippen molar-refractivity contribution in [3.8, 4) is 0 Å². The Kier molecular flexibility index (Phi) is 3.89. The molecule has 6 rings (SSSR count). The van der Waals surface area contributed by atoms with Crippen LogP contribution >= 0.6 is 0 Å². The normalized spacial score (nSPS) is 37.5. The summed E-state index contributed by atoms with van der Waals surface area (Å²) >= 11 is 0. The molecule has 1 aromatic rings. The number of rotatable bonds is 3. The van der Waals surface area contributed by atoms with Gasteiger partial charge in [0.15, 0.2) is 5.78 Å². The van der Waals surface area contributed by atoms with Gasteiger partial charge in [0.25, 0.3) is 0 Å². The fourth-order valence-electron chi connectivity index (χ4n) is 6.68. The van der Waals surface area contributed by atoms with Crippen LogP contribution < -0.4 is 4.90 Å². The van der Waals surface area contributed by atoms with E-state index in [2.05, 4.69) is 21.9 Å². The Labute approximate surface area is 151 Å². The number of carbonyl (C=O) groups excluding carboxylic acids is 1. The molecule has 3 nitrogen and oxygen atoms in total. The summed E-state index contributed by atoms with van der Waals surface area (Å²) in [6, 6.07) is 9.07. The molecule has 1 aliphatic heterocycles. The molecule has 0 unspecified atom stereocenters. The second-order valence-corrected chi connectivity index (χ2v) is 9.05. The van der Waals surface area contributed by atoms with Gasteiger partial charge < -0.3 is 4.90 Å². The van der Waals surface area contributed by atoms with Crippen molar-refractivity contribution in [3.05, 3.63) is 29.8 Å².